The van der Waals surface area contributed by atoms with E-state index in [1.807, 2.05) is 27.7 Å². The molecule has 1 rings (SSSR count). The number of carbonyl (C=O) groups excluding carboxylic acids is 2. The Morgan fingerprint density at radius 2 is 1.62 bits per heavy atom. The van der Waals surface area contributed by atoms with Crippen molar-refractivity contribution in [2.45, 2.75) is 66.4 Å². The number of carbonyl (C=O) groups is 2. The number of aliphatic hydroxyl groups is 3. The third-order valence-corrected chi connectivity index (χ3v) is 4.19. The number of hydrogen-bond acceptors (Lipinski definition) is 5. The van der Waals surface area contributed by atoms with E-state index in [2.05, 4.69) is 0 Å². The zero-order valence-electron chi connectivity index (χ0n) is 16.5. The van der Waals surface area contributed by atoms with Gasteiger partial charge in [0.25, 0.3) is 0 Å². The van der Waals surface area contributed by atoms with Crippen molar-refractivity contribution in [3.8, 4) is 0 Å². The fourth-order valence-electron chi connectivity index (χ4n) is 2.71. The van der Waals surface area contributed by atoms with Gasteiger partial charge in [0.2, 0.25) is 5.78 Å². The van der Waals surface area contributed by atoms with Crippen molar-refractivity contribution < 1.29 is 24.9 Å². The first-order chi connectivity index (χ1) is 11.9. The third-order valence-electron chi connectivity index (χ3n) is 4.19. The van der Waals surface area contributed by atoms with Crippen LogP contribution in [-0.2, 0) is 9.59 Å². The number of ketones is 2. The van der Waals surface area contributed by atoms with Gasteiger partial charge >= 0.3 is 0 Å². The molecule has 0 saturated heterocycles. The molecule has 0 heterocycles. The van der Waals surface area contributed by atoms with Crippen molar-refractivity contribution in [3.63, 3.8) is 0 Å². The molecule has 0 unspecified atom stereocenters. The van der Waals surface area contributed by atoms with Crippen LogP contribution in [0.5, 0.6) is 0 Å². The third kappa shape index (κ3) is 4.73. The summed E-state index contributed by atoms with van der Waals surface area (Å²) in [5.41, 5.74) is -0.852. The minimum absolute atomic E-state index is 0.000310. The summed E-state index contributed by atoms with van der Waals surface area (Å²) in [6, 6.07) is 0. The van der Waals surface area contributed by atoms with Crippen LogP contribution in [0.4, 0.5) is 0 Å². The van der Waals surface area contributed by atoms with E-state index >= 15 is 0 Å². The normalized spacial score (nSPS) is 20.5. The molecule has 0 aromatic heterocycles. The monoisotopic (exact) mass is 362 g/mol. The molecule has 0 spiro atoms. The Bertz CT molecular complexity index is 711. The molecular formula is C21H30O5. The average molecular weight is 362 g/mol. The lowest BCUT2D eigenvalue weighted by Gasteiger charge is -2.32. The van der Waals surface area contributed by atoms with Gasteiger partial charge in [-0.2, -0.15) is 0 Å². The molecule has 0 fully saturated rings. The van der Waals surface area contributed by atoms with Gasteiger partial charge in [0.15, 0.2) is 11.4 Å². The van der Waals surface area contributed by atoms with E-state index in [4.69, 9.17) is 0 Å². The number of Topliss-reactive ketones (excluding diaryl/α,β-unsaturated/α-hetero) is 2. The Labute approximate surface area is 155 Å². The second-order valence-corrected chi connectivity index (χ2v) is 7.73. The molecule has 0 aliphatic heterocycles. The van der Waals surface area contributed by atoms with Gasteiger partial charge in [-0.25, -0.2) is 0 Å². The first-order valence-electron chi connectivity index (χ1n) is 8.85. The van der Waals surface area contributed by atoms with E-state index < -0.39 is 28.7 Å². The Balaban J connectivity index is 3.58. The first kappa shape index (κ1) is 21.9. The lowest BCUT2D eigenvalue weighted by Crippen LogP contribution is -2.46. The molecule has 0 aromatic carbocycles. The molecule has 5 heteroatoms. The lowest BCUT2D eigenvalue weighted by molar-refractivity contribution is -0.133. The molecule has 144 valence electrons. The van der Waals surface area contributed by atoms with E-state index in [9.17, 15) is 24.9 Å². The molecule has 1 aliphatic carbocycles. The van der Waals surface area contributed by atoms with Crippen molar-refractivity contribution in [3.05, 3.63) is 46.0 Å². The zero-order chi connectivity index (χ0) is 20.2. The summed E-state index contributed by atoms with van der Waals surface area (Å²) in [6.45, 7) is 11.0. The van der Waals surface area contributed by atoms with Crippen molar-refractivity contribution in [1.82, 2.24) is 0 Å². The highest BCUT2D eigenvalue weighted by Gasteiger charge is 2.49. The molecule has 0 bridgehead atoms. The SMILES string of the molecule is CC(C)=CCC1=C(O)C(C(=O)CC(C)C)=C(O)[C@](O)(CC=C(C)C)C1=O. The van der Waals surface area contributed by atoms with E-state index in [1.165, 1.54) is 0 Å². The zero-order valence-corrected chi connectivity index (χ0v) is 16.5. The van der Waals surface area contributed by atoms with E-state index in [1.54, 1.807) is 26.0 Å². The summed E-state index contributed by atoms with van der Waals surface area (Å²) >= 11 is 0. The highest BCUT2D eigenvalue weighted by molar-refractivity contribution is 6.12. The highest BCUT2D eigenvalue weighted by atomic mass is 16.3. The van der Waals surface area contributed by atoms with Crippen molar-refractivity contribution in [1.29, 1.82) is 0 Å². The van der Waals surface area contributed by atoms with Gasteiger partial charge < -0.3 is 15.3 Å². The predicted octanol–water partition coefficient (Wildman–Crippen LogP) is 4.25. The Kier molecular flexibility index (Phi) is 7.16. The van der Waals surface area contributed by atoms with Crippen molar-refractivity contribution in [2.75, 3.05) is 0 Å². The summed E-state index contributed by atoms with van der Waals surface area (Å²) in [5.74, 6) is -2.56. The van der Waals surface area contributed by atoms with E-state index in [0.29, 0.717) is 0 Å². The van der Waals surface area contributed by atoms with E-state index in [0.717, 1.165) is 11.1 Å². The van der Waals surface area contributed by atoms with Crippen LogP contribution in [0, 0.1) is 5.92 Å². The van der Waals surface area contributed by atoms with Gasteiger partial charge in [-0.15, -0.1) is 0 Å². The molecule has 0 amide bonds. The van der Waals surface area contributed by atoms with Gasteiger partial charge in [-0.3, -0.25) is 9.59 Å². The number of rotatable bonds is 7. The Morgan fingerprint density at radius 3 is 2.08 bits per heavy atom. The van der Waals surface area contributed by atoms with Gasteiger partial charge in [-0.05, 0) is 40.0 Å². The lowest BCUT2D eigenvalue weighted by atomic mass is 9.77. The summed E-state index contributed by atoms with van der Waals surface area (Å²) in [6.07, 6.45) is 3.36. The maximum Gasteiger partial charge on any atom is 0.202 e. The summed E-state index contributed by atoms with van der Waals surface area (Å²) in [7, 11) is 0. The van der Waals surface area contributed by atoms with Crippen LogP contribution in [0.1, 0.15) is 60.8 Å². The maximum atomic E-state index is 12.9. The van der Waals surface area contributed by atoms with Crippen LogP contribution >= 0.6 is 0 Å². The fourth-order valence-corrected chi connectivity index (χ4v) is 2.71. The van der Waals surface area contributed by atoms with Gasteiger partial charge in [0, 0.05) is 18.4 Å². The molecule has 1 aliphatic rings. The molecule has 0 saturated carbocycles. The molecule has 3 N–H and O–H groups in total. The topological polar surface area (TPSA) is 94.8 Å². The van der Waals surface area contributed by atoms with Crippen LogP contribution in [-0.4, -0.2) is 32.5 Å². The van der Waals surface area contributed by atoms with Gasteiger partial charge in [0.1, 0.15) is 17.1 Å². The first-order valence-corrected chi connectivity index (χ1v) is 8.85. The summed E-state index contributed by atoms with van der Waals surface area (Å²) in [5, 5.41) is 32.1. The van der Waals surface area contributed by atoms with Crippen LogP contribution in [0.25, 0.3) is 0 Å². The Morgan fingerprint density at radius 1 is 1.08 bits per heavy atom. The van der Waals surface area contributed by atoms with Crippen molar-refractivity contribution >= 4 is 11.6 Å². The molecule has 1 atom stereocenters. The van der Waals surface area contributed by atoms with Crippen LogP contribution in [0.3, 0.4) is 0 Å². The summed E-state index contributed by atoms with van der Waals surface area (Å²) in [4.78, 5) is 25.4. The maximum absolute atomic E-state index is 12.9. The van der Waals surface area contributed by atoms with Crippen LogP contribution < -0.4 is 0 Å². The Hall–Kier alpha value is -2.14. The quantitative estimate of drug-likeness (QED) is 0.589. The van der Waals surface area contributed by atoms with E-state index in [-0.39, 0.29) is 36.3 Å². The molecule has 26 heavy (non-hydrogen) atoms. The average Bonchev–Trinajstić information content (AvgIpc) is 2.50. The van der Waals surface area contributed by atoms with Gasteiger partial charge in [0.05, 0.1) is 0 Å². The fraction of sp³-hybridized carbons (Fsp3) is 0.524. The van der Waals surface area contributed by atoms with Gasteiger partial charge in [-0.1, -0.05) is 37.1 Å². The number of aliphatic hydroxyl groups excluding tert-OH is 2. The number of hydrogen-bond donors (Lipinski definition) is 3. The standard InChI is InChI=1S/C21H30O5/c1-12(2)7-8-15-18(23)17(16(22)11-14(5)6)20(25)21(26,19(15)24)10-9-13(3)4/h7,9,14,23,25-26H,8,10-11H2,1-6H3/t21-/m0/s1. The molecule has 5 nitrogen and oxygen atoms in total. The second-order valence-electron chi connectivity index (χ2n) is 7.73. The molecule has 0 aromatic rings. The summed E-state index contributed by atoms with van der Waals surface area (Å²) < 4.78 is 0. The smallest absolute Gasteiger partial charge is 0.202 e. The minimum atomic E-state index is -2.24. The highest BCUT2D eigenvalue weighted by Crippen LogP contribution is 2.38. The molecular weight excluding hydrogens is 332 g/mol. The minimum Gasteiger partial charge on any atom is -0.508 e. The van der Waals surface area contributed by atoms with Crippen LogP contribution in [0.15, 0.2) is 46.0 Å². The number of allylic oxidation sites excluding steroid dienone is 4. The van der Waals surface area contributed by atoms with Crippen LogP contribution in [0.2, 0.25) is 0 Å². The second kappa shape index (κ2) is 8.49. The van der Waals surface area contributed by atoms with Crippen molar-refractivity contribution in [2.24, 2.45) is 5.92 Å². The predicted molar refractivity (Wildman–Crippen MR) is 102 cm³/mol. The largest absolute Gasteiger partial charge is 0.508 e. The molecule has 0 radical (unpaired) electrons.